The van der Waals surface area contributed by atoms with Crippen LogP contribution in [0, 0.1) is 5.92 Å². The summed E-state index contributed by atoms with van der Waals surface area (Å²) in [7, 11) is 0. The van der Waals surface area contributed by atoms with Crippen LogP contribution in [0.25, 0.3) is 22.4 Å². The monoisotopic (exact) mass is 875 g/mol. The third-order valence-electron chi connectivity index (χ3n) is 11.6. The van der Waals surface area contributed by atoms with Crippen molar-refractivity contribution in [1.82, 2.24) is 30.7 Å². The summed E-state index contributed by atoms with van der Waals surface area (Å²) in [6.07, 6.45) is 7.15. The third-order valence-corrected chi connectivity index (χ3v) is 12.5. The number of benzene rings is 3. The summed E-state index contributed by atoms with van der Waals surface area (Å²) < 4.78 is 17.3. The summed E-state index contributed by atoms with van der Waals surface area (Å²) in [6, 6.07) is 23.2. The molecule has 1 aliphatic heterocycles. The molecule has 2 aromatic heterocycles. The molecule has 3 aromatic carbocycles. The van der Waals surface area contributed by atoms with E-state index in [1.54, 1.807) is 47.8 Å². The first-order chi connectivity index (χ1) is 30.8. The number of nitrogens with two attached hydrogens (primary N) is 1. The zero-order chi connectivity index (χ0) is 44.0. The predicted molar refractivity (Wildman–Crippen MR) is 242 cm³/mol. The number of rotatable bonds is 21. The maximum atomic E-state index is 14.0. The second kappa shape index (κ2) is 22.6. The van der Waals surface area contributed by atoms with Crippen LogP contribution in [0.1, 0.15) is 91.0 Å². The van der Waals surface area contributed by atoms with Crippen LogP contribution in [0.2, 0.25) is 0 Å². The lowest BCUT2D eigenvalue weighted by atomic mass is 9.83. The lowest BCUT2D eigenvalue weighted by Gasteiger charge is -2.34. The smallest absolute Gasteiger partial charge is 0.246 e. The molecule has 5 aromatic rings. The standard InChI is InChI=1S/C48H57N7O7S/c1-2-43(57)52-44(34-10-4-3-5-11-34)48(59)55-22-9-15-41(55)47-51-40(31-63-47)45(58)35-12-8-13-36(28-35)62-27-26-61-25-24-60-23-21-50-30-32-17-19-33(20-18-32)38-29-39(53-54-46(38)49)37-14-6-7-16-42(37)56/h6-8,12-14,16-20,28-29,31,34,41,44,50,56H,2-5,9-11,15,21-27,30H2,1H3,(H2,49,54)(H,52,57)/t41-,44-/m0/s1. The Hall–Kier alpha value is -5.74. The molecular weight excluding hydrogens is 819 g/mol. The zero-order valence-electron chi connectivity index (χ0n) is 35.8. The maximum Gasteiger partial charge on any atom is 0.246 e. The van der Waals surface area contributed by atoms with Crippen molar-refractivity contribution in [1.29, 1.82) is 0 Å². The number of aromatic nitrogens is 3. The first-order valence-corrected chi connectivity index (χ1v) is 22.9. The van der Waals surface area contributed by atoms with E-state index in [0.717, 1.165) is 60.2 Å². The third kappa shape index (κ3) is 12.0. The van der Waals surface area contributed by atoms with Gasteiger partial charge in [0, 0.05) is 48.1 Å². The molecule has 0 radical (unpaired) electrons. The van der Waals surface area contributed by atoms with Crippen molar-refractivity contribution in [3.8, 4) is 33.9 Å². The second-order valence-electron chi connectivity index (χ2n) is 15.9. The number of ketones is 1. The van der Waals surface area contributed by atoms with Crippen LogP contribution >= 0.6 is 11.3 Å². The summed E-state index contributed by atoms with van der Waals surface area (Å²) in [5, 5.41) is 27.5. The van der Waals surface area contributed by atoms with Crippen LogP contribution in [0.3, 0.4) is 0 Å². The van der Waals surface area contributed by atoms with E-state index in [9.17, 15) is 19.5 Å². The molecule has 0 bridgehead atoms. The molecule has 3 heterocycles. The first kappa shape index (κ1) is 45.3. The van der Waals surface area contributed by atoms with Gasteiger partial charge in [0.1, 0.15) is 34.8 Å². The van der Waals surface area contributed by atoms with Gasteiger partial charge >= 0.3 is 0 Å². The summed E-state index contributed by atoms with van der Waals surface area (Å²) in [6.45, 7) is 5.84. The topological polar surface area (TPSA) is 191 Å². The number of carbonyl (C=O) groups excluding carboxylic acids is 3. The molecule has 1 saturated heterocycles. The normalized spacial score (nSPS) is 15.9. The number of hydrogen-bond acceptors (Lipinski definition) is 13. The Morgan fingerprint density at radius 1 is 0.873 bits per heavy atom. The summed E-state index contributed by atoms with van der Waals surface area (Å²) in [5.41, 5.74) is 10.9. The highest BCUT2D eigenvalue weighted by atomic mass is 32.1. The molecule has 5 N–H and O–H groups in total. The number of para-hydroxylation sites is 1. The van der Waals surface area contributed by atoms with Crippen molar-refractivity contribution >= 4 is 34.8 Å². The molecule has 1 aliphatic carbocycles. The van der Waals surface area contributed by atoms with E-state index >= 15 is 0 Å². The van der Waals surface area contributed by atoms with E-state index in [2.05, 4.69) is 20.8 Å². The fraction of sp³-hybridized carbons (Fsp3) is 0.417. The van der Waals surface area contributed by atoms with Gasteiger partial charge in [-0.25, -0.2) is 4.98 Å². The number of thiazole rings is 1. The van der Waals surface area contributed by atoms with Crippen molar-refractivity contribution in [2.75, 3.05) is 51.9 Å². The number of nitrogens with one attached hydrogen (secondary N) is 2. The van der Waals surface area contributed by atoms with Gasteiger partial charge in [0.25, 0.3) is 0 Å². The lowest BCUT2D eigenvalue weighted by Crippen LogP contribution is -2.52. The number of hydrogen-bond donors (Lipinski definition) is 4. The number of phenolic OH excluding ortho intramolecular Hbond substituents is 1. The van der Waals surface area contributed by atoms with E-state index in [-0.39, 0.29) is 35.3 Å². The number of ether oxygens (including phenoxy) is 3. The molecule has 2 amide bonds. The molecule has 0 spiro atoms. The lowest BCUT2D eigenvalue weighted by molar-refractivity contribution is -0.139. The van der Waals surface area contributed by atoms with Crippen molar-refractivity contribution < 1.29 is 33.7 Å². The Kier molecular flexibility index (Phi) is 16.2. The highest BCUT2D eigenvalue weighted by Crippen LogP contribution is 2.37. The van der Waals surface area contributed by atoms with Gasteiger partial charge in [-0.1, -0.05) is 74.7 Å². The van der Waals surface area contributed by atoms with Crippen molar-refractivity contribution in [2.45, 2.75) is 76.9 Å². The number of nitrogen functional groups attached to an aromatic ring is 1. The summed E-state index contributed by atoms with van der Waals surface area (Å²) in [5.74, 6) is 0.807. The largest absolute Gasteiger partial charge is 0.507 e. The predicted octanol–water partition coefficient (Wildman–Crippen LogP) is 7.13. The Morgan fingerprint density at radius 2 is 1.65 bits per heavy atom. The quantitative estimate of drug-likeness (QED) is 0.0432. The second-order valence-corrected chi connectivity index (χ2v) is 16.8. The van der Waals surface area contributed by atoms with Crippen LogP contribution in [0.4, 0.5) is 5.82 Å². The summed E-state index contributed by atoms with van der Waals surface area (Å²) in [4.78, 5) is 46.6. The SMILES string of the molecule is CCC(=O)N[C@H](C(=O)N1CCC[C@H]1c1nc(C(=O)c2cccc(OCCOCCOCCNCc3ccc(-c4cc(-c5ccccc5O)nnc4N)cc3)c2)cs1)C1CCCCC1. The minimum Gasteiger partial charge on any atom is -0.507 e. The molecule has 7 rings (SSSR count). The number of likely N-dealkylation sites (tertiary alicyclic amines) is 1. The van der Waals surface area contributed by atoms with E-state index in [0.29, 0.717) is 93.2 Å². The Bertz CT molecular complexity index is 2300. The molecular formula is C48H57N7O7S. The number of carbonyl (C=O) groups is 3. The highest BCUT2D eigenvalue weighted by molar-refractivity contribution is 7.10. The van der Waals surface area contributed by atoms with Crippen molar-refractivity contribution in [3.63, 3.8) is 0 Å². The van der Waals surface area contributed by atoms with Gasteiger partial charge in [-0.05, 0) is 73.1 Å². The number of anilines is 1. The van der Waals surface area contributed by atoms with Crippen LogP contribution in [0.5, 0.6) is 11.5 Å². The Labute approximate surface area is 372 Å². The minimum atomic E-state index is -0.522. The molecule has 63 heavy (non-hydrogen) atoms. The van der Waals surface area contributed by atoms with Gasteiger partial charge in [-0.3, -0.25) is 14.4 Å². The molecule has 332 valence electrons. The van der Waals surface area contributed by atoms with E-state index in [4.69, 9.17) is 24.9 Å². The molecule has 15 heteroatoms. The fourth-order valence-electron chi connectivity index (χ4n) is 8.18. The molecule has 1 saturated carbocycles. The molecule has 2 aliphatic rings. The van der Waals surface area contributed by atoms with Gasteiger partial charge in [-0.15, -0.1) is 21.5 Å². The maximum absolute atomic E-state index is 14.0. The van der Waals surface area contributed by atoms with Crippen molar-refractivity contribution in [2.24, 2.45) is 5.92 Å². The van der Waals surface area contributed by atoms with E-state index in [1.807, 2.05) is 48.2 Å². The van der Waals surface area contributed by atoms with Gasteiger partial charge in [0.15, 0.2) is 5.82 Å². The first-order valence-electron chi connectivity index (χ1n) is 22.0. The highest BCUT2D eigenvalue weighted by Gasteiger charge is 2.39. The Morgan fingerprint density at radius 3 is 2.44 bits per heavy atom. The Balaban J connectivity index is 0.788. The molecule has 0 unspecified atom stereocenters. The number of phenols is 1. The van der Waals surface area contributed by atoms with E-state index in [1.165, 1.54) is 17.8 Å². The van der Waals surface area contributed by atoms with Crippen LogP contribution in [-0.2, 0) is 25.6 Å². The van der Waals surface area contributed by atoms with Gasteiger partial charge in [-0.2, -0.15) is 0 Å². The molecule has 14 nitrogen and oxygen atoms in total. The average Bonchev–Trinajstić information content (AvgIpc) is 4.02. The van der Waals surface area contributed by atoms with Gasteiger partial charge in [0.2, 0.25) is 17.6 Å². The molecule has 2 fully saturated rings. The van der Waals surface area contributed by atoms with E-state index < -0.39 is 6.04 Å². The van der Waals surface area contributed by atoms with Crippen LogP contribution in [-0.4, -0.2) is 95.0 Å². The van der Waals surface area contributed by atoms with Gasteiger partial charge < -0.3 is 40.6 Å². The zero-order valence-corrected chi connectivity index (χ0v) is 36.6. The van der Waals surface area contributed by atoms with Crippen LogP contribution < -0.4 is 21.1 Å². The number of amides is 2. The minimum absolute atomic E-state index is 0.0330. The average molecular weight is 876 g/mol. The number of aromatic hydroxyl groups is 1. The fourth-order valence-corrected chi connectivity index (χ4v) is 9.13. The summed E-state index contributed by atoms with van der Waals surface area (Å²) >= 11 is 1.40. The van der Waals surface area contributed by atoms with Crippen molar-refractivity contribution in [3.05, 3.63) is 106 Å². The van der Waals surface area contributed by atoms with Gasteiger partial charge in [0.05, 0.1) is 38.2 Å². The molecule has 2 atom stereocenters. The van der Waals surface area contributed by atoms with Crippen LogP contribution in [0.15, 0.2) is 84.2 Å². The number of nitrogens with zero attached hydrogens (tertiary/aromatic N) is 4.